The first kappa shape index (κ1) is 36.1. The molecule has 3 aromatic carbocycles. The van der Waals surface area contributed by atoms with Crippen molar-refractivity contribution >= 4 is 77.0 Å². The Morgan fingerprint density at radius 3 is 1.73 bits per heavy atom. The molecule has 0 saturated carbocycles. The van der Waals surface area contributed by atoms with Crippen LogP contribution in [0.3, 0.4) is 0 Å². The molecule has 0 spiro atoms. The fourth-order valence-corrected chi connectivity index (χ4v) is 4.37. The van der Waals surface area contributed by atoms with Crippen LogP contribution in [0.4, 0.5) is 0 Å². The maximum absolute atomic E-state index is 13.2. The van der Waals surface area contributed by atoms with Crippen LogP contribution >= 0.6 is 0 Å². The molecule has 0 saturated heterocycles. The number of carbonyl (C=O) groups excluding carboxylic acids is 1. The number of aryl methyl sites for hydroxylation is 1. The van der Waals surface area contributed by atoms with E-state index in [1.165, 1.54) is 0 Å². The molecule has 0 heterocycles. The Balaban J connectivity index is 0.00000400. The maximum Gasteiger partial charge on any atom is 0.326 e. The van der Waals surface area contributed by atoms with E-state index >= 15 is 0 Å². The predicted molar refractivity (Wildman–Crippen MR) is 159 cm³/mol. The predicted octanol–water partition coefficient (Wildman–Crippen LogP) is 3.79. The normalized spacial score (nSPS) is 12.8. The van der Waals surface area contributed by atoms with Gasteiger partial charge in [-0.1, -0.05) is 98.8 Å². The first-order valence-electron chi connectivity index (χ1n) is 12.9. The van der Waals surface area contributed by atoms with E-state index in [1.807, 2.05) is 98.8 Å². The summed E-state index contributed by atoms with van der Waals surface area (Å²) in [5, 5.41) is 25.3. The van der Waals surface area contributed by atoms with Gasteiger partial charge >= 0.3 is 11.9 Å². The third-order valence-electron chi connectivity index (χ3n) is 6.40. The third kappa shape index (κ3) is 11.9. The molecule has 9 heteroatoms. The van der Waals surface area contributed by atoms with Crippen LogP contribution in [0.1, 0.15) is 37.8 Å². The molecular formula is C31H36N2Na2O5. The van der Waals surface area contributed by atoms with Crippen molar-refractivity contribution in [2.24, 2.45) is 5.92 Å². The monoisotopic (exact) mass is 562 g/mol. The van der Waals surface area contributed by atoms with Gasteiger partial charge in [0.05, 0.1) is 6.04 Å². The molecule has 4 N–H and O–H groups in total. The van der Waals surface area contributed by atoms with Gasteiger partial charge in [0.2, 0.25) is 5.91 Å². The van der Waals surface area contributed by atoms with E-state index in [9.17, 15) is 24.6 Å². The zero-order chi connectivity index (χ0) is 27.5. The molecule has 7 nitrogen and oxygen atoms in total. The number of carboxylic acids is 2. The summed E-state index contributed by atoms with van der Waals surface area (Å²) in [7, 11) is 0. The van der Waals surface area contributed by atoms with E-state index in [2.05, 4.69) is 10.6 Å². The Bertz CT molecular complexity index is 1190. The largest absolute Gasteiger partial charge is 0.480 e. The van der Waals surface area contributed by atoms with E-state index in [-0.39, 0.29) is 71.5 Å². The Morgan fingerprint density at radius 1 is 0.675 bits per heavy atom. The van der Waals surface area contributed by atoms with Gasteiger partial charge in [-0.15, -0.1) is 0 Å². The third-order valence-corrected chi connectivity index (χ3v) is 6.40. The fraction of sp³-hybridized carbons (Fsp3) is 0.323. The molecule has 3 rings (SSSR count). The number of carboxylic acid groups (broad SMARTS) is 2. The number of benzene rings is 3. The summed E-state index contributed by atoms with van der Waals surface area (Å²) in [6, 6.07) is 24.1. The van der Waals surface area contributed by atoms with E-state index in [0.717, 1.165) is 22.3 Å². The van der Waals surface area contributed by atoms with Crippen LogP contribution in [0.25, 0.3) is 11.1 Å². The number of amides is 1. The standard InChI is InChI=1S/C31H36N2O5.2Na/c1-21(2)19-27(32-26(30(35)36)18-15-22-9-5-3-6-10-22)29(34)33-28(31(37)38)20-23-13-16-25(17-14-23)24-11-7-4-8-12-24;;/h3-14,16-17,21,26-28,32H,15,18-20H2,1-2H3,(H,33,34)(H,35,36)(H,37,38);;/t26-,27-,28-;;/m0../s1. The van der Waals surface area contributed by atoms with Crippen LogP contribution < -0.4 is 10.6 Å². The second-order valence-electron chi connectivity index (χ2n) is 9.93. The number of rotatable bonds is 14. The second kappa shape index (κ2) is 18.5. The van der Waals surface area contributed by atoms with Crippen molar-refractivity contribution in [3.63, 3.8) is 0 Å². The van der Waals surface area contributed by atoms with Crippen LogP contribution in [-0.4, -0.2) is 105 Å². The van der Waals surface area contributed by atoms with Crippen molar-refractivity contribution in [1.29, 1.82) is 0 Å². The number of hydrogen-bond acceptors (Lipinski definition) is 4. The van der Waals surface area contributed by atoms with Crippen LogP contribution in [-0.2, 0) is 27.2 Å². The summed E-state index contributed by atoms with van der Waals surface area (Å²) in [5.74, 6) is -2.61. The van der Waals surface area contributed by atoms with E-state index in [1.54, 1.807) is 0 Å². The molecule has 202 valence electrons. The Labute approximate surface area is 280 Å². The van der Waals surface area contributed by atoms with Crippen molar-refractivity contribution in [2.75, 3.05) is 0 Å². The number of nitrogens with one attached hydrogen (secondary N) is 2. The Kier molecular flexibility index (Phi) is 16.6. The molecule has 0 aliphatic rings. The molecule has 0 aliphatic heterocycles. The van der Waals surface area contributed by atoms with Gasteiger partial charge in [0, 0.05) is 65.5 Å². The molecule has 40 heavy (non-hydrogen) atoms. The van der Waals surface area contributed by atoms with Gasteiger partial charge in [0.1, 0.15) is 12.1 Å². The fourth-order valence-electron chi connectivity index (χ4n) is 4.37. The quantitative estimate of drug-likeness (QED) is 0.222. The first-order valence-corrected chi connectivity index (χ1v) is 12.9. The average molecular weight is 563 g/mol. The minimum atomic E-state index is -1.15. The molecule has 1 amide bonds. The molecule has 2 radical (unpaired) electrons. The smallest absolute Gasteiger partial charge is 0.326 e. The maximum atomic E-state index is 13.2. The van der Waals surface area contributed by atoms with Crippen LogP contribution in [0.5, 0.6) is 0 Å². The molecule has 0 bridgehead atoms. The summed E-state index contributed by atoms with van der Waals surface area (Å²) in [6.45, 7) is 3.87. The van der Waals surface area contributed by atoms with Crippen molar-refractivity contribution < 1.29 is 24.6 Å². The topological polar surface area (TPSA) is 116 Å². The van der Waals surface area contributed by atoms with Crippen LogP contribution in [0.2, 0.25) is 0 Å². The molecule has 0 aromatic heterocycles. The summed E-state index contributed by atoms with van der Waals surface area (Å²) < 4.78 is 0. The Hall–Kier alpha value is -1.97. The van der Waals surface area contributed by atoms with Gasteiger partial charge in [-0.2, -0.15) is 0 Å². The SMILES string of the molecule is CC(C)C[C@H](N[C@@H](CCc1ccccc1)C(=O)O)C(=O)N[C@@H](Cc1ccc(-c2ccccc2)cc1)C(=O)O.[Na].[Na]. The zero-order valence-electron chi connectivity index (χ0n) is 23.8. The molecule has 3 atom stereocenters. The minimum Gasteiger partial charge on any atom is -0.480 e. The molecule has 0 aliphatic carbocycles. The van der Waals surface area contributed by atoms with Gasteiger partial charge in [-0.25, -0.2) is 4.79 Å². The van der Waals surface area contributed by atoms with Gasteiger partial charge in [-0.3, -0.25) is 14.9 Å². The van der Waals surface area contributed by atoms with Gasteiger partial charge in [-0.05, 0) is 47.4 Å². The van der Waals surface area contributed by atoms with Crippen LogP contribution in [0, 0.1) is 5.92 Å². The van der Waals surface area contributed by atoms with Crippen molar-refractivity contribution in [1.82, 2.24) is 10.6 Å². The zero-order valence-corrected chi connectivity index (χ0v) is 27.8. The first-order chi connectivity index (χ1) is 18.2. The Morgan fingerprint density at radius 2 is 1.20 bits per heavy atom. The van der Waals surface area contributed by atoms with Crippen molar-refractivity contribution in [3.05, 3.63) is 96.1 Å². The van der Waals surface area contributed by atoms with Gasteiger partial charge in [0.25, 0.3) is 0 Å². The number of hydrogen-bond donors (Lipinski definition) is 4. The summed E-state index contributed by atoms with van der Waals surface area (Å²) >= 11 is 0. The molecule has 0 fully saturated rings. The summed E-state index contributed by atoms with van der Waals surface area (Å²) in [6.07, 6.45) is 1.33. The van der Waals surface area contributed by atoms with E-state index in [4.69, 9.17) is 0 Å². The number of carbonyl (C=O) groups is 3. The number of aliphatic carboxylic acids is 2. The molecular weight excluding hydrogens is 526 g/mol. The summed E-state index contributed by atoms with van der Waals surface area (Å²) in [5.41, 5.74) is 3.86. The molecule has 0 unspecified atom stereocenters. The van der Waals surface area contributed by atoms with Crippen molar-refractivity contribution in [3.8, 4) is 11.1 Å². The van der Waals surface area contributed by atoms with E-state index in [0.29, 0.717) is 19.3 Å². The molecule has 3 aromatic rings. The van der Waals surface area contributed by atoms with Crippen molar-refractivity contribution in [2.45, 2.75) is 57.7 Å². The average Bonchev–Trinajstić information content (AvgIpc) is 2.91. The second-order valence-corrected chi connectivity index (χ2v) is 9.93. The summed E-state index contributed by atoms with van der Waals surface area (Å²) in [4.78, 5) is 37.2. The van der Waals surface area contributed by atoms with Gasteiger partial charge < -0.3 is 15.5 Å². The minimum absolute atomic E-state index is 0. The van der Waals surface area contributed by atoms with E-state index < -0.39 is 36.0 Å². The van der Waals surface area contributed by atoms with Crippen LogP contribution in [0.15, 0.2) is 84.9 Å². The van der Waals surface area contributed by atoms with Gasteiger partial charge in [0.15, 0.2) is 0 Å².